The molecule has 0 saturated carbocycles. The molecule has 0 heterocycles. The van der Waals surface area contributed by atoms with Crippen molar-refractivity contribution in [3.8, 4) is 5.75 Å². The molecule has 1 N–H and O–H groups in total. The molecule has 0 aliphatic rings. The van der Waals surface area contributed by atoms with Gasteiger partial charge in [0.25, 0.3) is 0 Å². The number of hydrogen-bond acceptors (Lipinski definition) is 2. The van der Waals surface area contributed by atoms with Gasteiger partial charge < -0.3 is 9.84 Å². The molecular weight excluding hydrogens is 336 g/mol. The number of rotatable bonds is 8. The SMILES string of the molecule is Cc1cccc(CCCc2ccccc2C(=O)O)c1OCc1ccccc1. The summed E-state index contributed by atoms with van der Waals surface area (Å²) in [6, 6.07) is 23.6. The highest BCUT2D eigenvalue weighted by molar-refractivity contribution is 5.89. The first kappa shape index (κ1) is 18.7. The molecule has 0 atom stereocenters. The molecule has 3 nitrogen and oxygen atoms in total. The zero-order valence-corrected chi connectivity index (χ0v) is 15.5. The summed E-state index contributed by atoms with van der Waals surface area (Å²) < 4.78 is 6.12. The molecule has 27 heavy (non-hydrogen) atoms. The number of hydrogen-bond donors (Lipinski definition) is 1. The molecule has 0 aliphatic heterocycles. The van der Waals surface area contributed by atoms with Gasteiger partial charge in [0.05, 0.1) is 5.56 Å². The van der Waals surface area contributed by atoms with Crippen LogP contribution < -0.4 is 4.74 Å². The normalized spacial score (nSPS) is 10.6. The maximum absolute atomic E-state index is 11.4. The van der Waals surface area contributed by atoms with Crippen LogP contribution in [0.25, 0.3) is 0 Å². The van der Waals surface area contributed by atoms with Gasteiger partial charge in [0.2, 0.25) is 0 Å². The van der Waals surface area contributed by atoms with Crippen molar-refractivity contribution >= 4 is 5.97 Å². The van der Waals surface area contributed by atoms with Crippen LogP contribution >= 0.6 is 0 Å². The van der Waals surface area contributed by atoms with E-state index in [1.165, 1.54) is 5.56 Å². The quantitative estimate of drug-likeness (QED) is 0.581. The third-order valence-electron chi connectivity index (χ3n) is 4.66. The minimum absolute atomic E-state index is 0.391. The summed E-state index contributed by atoms with van der Waals surface area (Å²) in [4.78, 5) is 11.4. The molecule has 0 unspecified atom stereocenters. The molecule has 3 rings (SSSR count). The molecule has 3 aromatic rings. The second kappa shape index (κ2) is 9.04. The Morgan fingerprint density at radius 1 is 0.852 bits per heavy atom. The molecule has 3 aromatic carbocycles. The van der Waals surface area contributed by atoms with Crippen LogP contribution in [0.3, 0.4) is 0 Å². The Morgan fingerprint density at radius 3 is 2.30 bits per heavy atom. The van der Waals surface area contributed by atoms with Crippen LogP contribution in [0, 0.1) is 6.92 Å². The molecule has 0 amide bonds. The number of aromatic carboxylic acids is 1. The van der Waals surface area contributed by atoms with E-state index in [9.17, 15) is 9.90 Å². The molecular formula is C24H24O3. The second-order valence-electron chi connectivity index (χ2n) is 6.65. The fourth-order valence-electron chi connectivity index (χ4n) is 3.26. The second-order valence-corrected chi connectivity index (χ2v) is 6.65. The minimum atomic E-state index is -0.868. The highest BCUT2D eigenvalue weighted by Crippen LogP contribution is 2.26. The van der Waals surface area contributed by atoms with Crippen molar-refractivity contribution in [2.45, 2.75) is 32.8 Å². The highest BCUT2D eigenvalue weighted by atomic mass is 16.5. The Kier molecular flexibility index (Phi) is 6.26. The van der Waals surface area contributed by atoms with Gasteiger partial charge in [-0.2, -0.15) is 0 Å². The predicted molar refractivity (Wildman–Crippen MR) is 107 cm³/mol. The van der Waals surface area contributed by atoms with Gasteiger partial charge in [-0.1, -0.05) is 66.7 Å². The van der Waals surface area contributed by atoms with Gasteiger partial charge in [-0.25, -0.2) is 4.79 Å². The van der Waals surface area contributed by atoms with E-state index in [-0.39, 0.29) is 0 Å². The first-order chi connectivity index (χ1) is 13.1. The van der Waals surface area contributed by atoms with Crippen molar-refractivity contribution in [1.82, 2.24) is 0 Å². The molecule has 0 spiro atoms. The van der Waals surface area contributed by atoms with Crippen LogP contribution in [-0.2, 0) is 19.4 Å². The van der Waals surface area contributed by atoms with Crippen molar-refractivity contribution in [3.63, 3.8) is 0 Å². The maximum Gasteiger partial charge on any atom is 0.335 e. The highest BCUT2D eigenvalue weighted by Gasteiger charge is 2.11. The number of aryl methyl sites for hydroxylation is 3. The first-order valence-corrected chi connectivity index (χ1v) is 9.21. The van der Waals surface area contributed by atoms with E-state index >= 15 is 0 Å². The van der Waals surface area contributed by atoms with Gasteiger partial charge in [-0.05, 0) is 54.5 Å². The molecule has 0 fully saturated rings. The molecule has 0 aliphatic carbocycles. The van der Waals surface area contributed by atoms with Crippen LogP contribution in [-0.4, -0.2) is 11.1 Å². The number of carbonyl (C=O) groups is 1. The zero-order chi connectivity index (χ0) is 19.1. The number of carboxylic acid groups (broad SMARTS) is 1. The van der Waals surface area contributed by atoms with Crippen molar-refractivity contribution in [2.24, 2.45) is 0 Å². The maximum atomic E-state index is 11.4. The Morgan fingerprint density at radius 2 is 1.52 bits per heavy atom. The van der Waals surface area contributed by atoms with E-state index in [4.69, 9.17) is 4.74 Å². The Hall–Kier alpha value is -3.07. The van der Waals surface area contributed by atoms with Crippen LogP contribution in [0.5, 0.6) is 5.75 Å². The van der Waals surface area contributed by atoms with Gasteiger partial charge in [0.1, 0.15) is 12.4 Å². The van der Waals surface area contributed by atoms with Gasteiger partial charge in [0, 0.05) is 0 Å². The van der Waals surface area contributed by atoms with Crippen molar-refractivity contribution < 1.29 is 14.6 Å². The average molecular weight is 360 g/mol. The minimum Gasteiger partial charge on any atom is -0.488 e. The fourth-order valence-corrected chi connectivity index (χ4v) is 3.26. The third kappa shape index (κ3) is 4.98. The van der Waals surface area contributed by atoms with E-state index in [1.54, 1.807) is 12.1 Å². The summed E-state index contributed by atoms with van der Waals surface area (Å²) in [5.74, 6) is 0.0703. The van der Waals surface area contributed by atoms with Crippen molar-refractivity contribution in [1.29, 1.82) is 0 Å². The van der Waals surface area contributed by atoms with E-state index in [0.717, 1.165) is 41.7 Å². The molecule has 138 valence electrons. The number of para-hydroxylation sites is 1. The van der Waals surface area contributed by atoms with Gasteiger partial charge in [0.15, 0.2) is 0 Å². The monoisotopic (exact) mass is 360 g/mol. The lowest BCUT2D eigenvalue weighted by molar-refractivity contribution is 0.0695. The van der Waals surface area contributed by atoms with E-state index in [0.29, 0.717) is 12.2 Å². The molecule has 0 aromatic heterocycles. The van der Waals surface area contributed by atoms with Crippen LogP contribution in [0.15, 0.2) is 72.8 Å². The van der Waals surface area contributed by atoms with Gasteiger partial charge >= 0.3 is 5.97 Å². The Labute approximate surface area is 160 Å². The van der Waals surface area contributed by atoms with E-state index in [1.807, 2.05) is 36.4 Å². The lowest BCUT2D eigenvalue weighted by atomic mass is 9.98. The van der Waals surface area contributed by atoms with Crippen LogP contribution in [0.4, 0.5) is 0 Å². The van der Waals surface area contributed by atoms with Crippen molar-refractivity contribution in [3.05, 3.63) is 101 Å². The fraction of sp³-hybridized carbons (Fsp3) is 0.208. The van der Waals surface area contributed by atoms with Gasteiger partial charge in [-0.3, -0.25) is 0 Å². The molecule has 0 saturated heterocycles. The average Bonchev–Trinajstić information content (AvgIpc) is 2.68. The standard InChI is InChI=1S/C24H24O3/c1-18-9-7-14-21(23(18)27-17-19-10-3-2-4-11-19)15-8-13-20-12-5-6-16-22(20)24(25)26/h2-7,9-12,14,16H,8,13,15,17H2,1H3,(H,25,26). The molecule has 0 radical (unpaired) electrons. The first-order valence-electron chi connectivity index (χ1n) is 9.21. The Bertz CT molecular complexity index is 901. The largest absolute Gasteiger partial charge is 0.488 e. The van der Waals surface area contributed by atoms with E-state index in [2.05, 4.69) is 31.2 Å². The predicted octanol–water partition coefficient (Wildman–Crippen LogP) is 5.45. The third-order valence-corrected chi connectivity index (χ3v) is 4.66. The number of carboxylic acids is 1. The van der Waals surface area contributed by atoms with Gasteiger partial charge in [-0.15, -0.1) is 0 Å². The van der Waals surface area contributed by atoms with E-state index < -0.39 is 5.97 Å². The topological polar surface area (TPSA) is 46.5 Å². The summed E-state index contributed by atoms with van der Waals surface area (Å²) in [5.41, 5.74) is 4.70. The number of benzene rings is 3. The Balaban J connectivity index is 1.67. The lowest BCUT2D eigenvalue weighted by Crippen LogP contribution is -2.04. The zero-order valence-electron chi connectivity index (χ0n) is 15.5. The van der Waals surface area contributed by atoms with Crippen LogP contribution in [0.1, 0.15) is 39.0 Å². The summed E-state index contributed by atoms with van der Waals surface area (Å²) in [6.45, 7) is 2.60. The van der Waals surface area contributed by atoms with Crippen LogP contribution in [0.2, 0.25) is 0 Å². The molecule has 3 heteroatoms. The molecule has 0 bridgehead atoms. The van der Waals surface area contributed by atoms with Crippen molar-refractivity contribution in [2.75, 3.05) is 0 Å². The summed E-state index contributed by atoms with van der Waals surface area (Å²) in [6.07, 6.45) is 2.45. The smallest absolute Gasteiger partial charge is 0.335 e. The summed E-state index contributed by atoms with van der Waals surface area (Å²) in [5, 5.41) is 9.32. The summed E-state index contributed by atoms with van der Waals surface area (Å²) in [7, 11) is 0. The lowest BCUT2D eigenvalue weighted by Gasteiger charge is -2.14. The summed E-state index contributed by atoms with van der Waals surface area (Å²) >= 11 is 0. The number of ether oxygens (including phenoxy) is 1.